The molecule has 1 unspecified atom stereocenters. The highest BCUT2D eigenvalue weighted by Crippen LogP contribution is 2.17. The minimum absolute atomic E-state index is 0.207. The Kier molecular flexibility index (Phi) is 3.77. The summed E-state index contributed by atoms with van der Waals surface area (Å²) in [5.74, 6) is 0. The van der Waals surface area contributed by atoms with Gasteiger partial charge < -0.3 is 11.1 Å². The number of hydrogen-bond acceptors (Lipinski definition) is 2. The Bertz CT molecular complexity index is 503. The average molecular weight is 228 g/mol. The van der Waals surface area contributed by atoms with Crippen LogP contribution in [0, 0.1) is 6.92 Å². The van der Waals surface area contributed by atoms with E-state index < -0.39 is 0 Å². The fourth-order valence-electron chi connectivity index (χ4n) is 1.97. The maximum atomic E-state index is 5.70. The van der Waals surface area contributed by atoms with Gasteiger partial charge in [0.15, 0.2) is 0 Å². The van der Waals surface area contributed by atoms with E-state index in [0.717, 1.165) is 13.1 Å². The zero-order chi connectivity index (χ0) is 12.3. The van der Waals surface area contributed by atoms with Crippen LogP contribution in [0.3, 0.4) is 0 Å². The smallest absolute Gasteiger partial charge is 0.0206 e. The van der Waals surface area contributed by atoms with Gasteiger partial charge in [0.1, 0.15) is 0 Å². The number of fused-ring (bicyclic) bond motifs is 1. The summed E-state index contributed by atoms with van der Waals surface area (Å²) in [6.45, 7) is 5.87. The largest absolute Gasteiger partial charge is 0.327 e. The normalized spacial score (nSPS) is 12.9. The Balaban J connectivity index is 2.12. The maximum absolute atomic E-state index is 5.70. The molecule has 2 aromatic carbocycles. The van der Waals surface area contributed by atoms with E-state index in [1.165, 1.54) is 21.9 Å². The van der Waals surface area contributed by atoms with E-state index in [2.05, 4.69) is 48.6 Å². The van der Waals surface area contributed by atoms with Crippen molar-refractivity contribution >= 4 is 10.8 Å². The fourth-order valence-corrected chi connectivity index (χ4v) is 1.97. The Morgan fingerprint density at radius 3 is 2.59 bits per heavy atom. The highest BCUT2D eigenvalue weighted by atomic mass is 14.9. The molecular weight excluding hydrogens is 208 g/mol. The van der Waals surface area contributed by atoms with Crippen LogP contribution < -0.4 is 11.1 Å². The summed E-state index contributed by atoms with van der Waals surface area (Å²) in [5, 5.41) is 5.96. The van der Waals surface area contributed by atoms with E-state index in [0.29, 0.717) is 0 Å². The molecule has 0 aromatic heterocycles. The molecule has 0 heterocycles. The molecule has 0 bridgehead atoms. The zero-order valence-corrected chi connectivity index (χ0v) is 10.5. The van der Waals surface area contributed by atoms with Crippen molar-refractivity contribution in [2.75, 3.05) is 6.54 Å². The van der Waals surface area contributed by atoms with Crippen molar-refractivity contribution in [2.24, 2.45) is 5.73 Å². The lowest BCUT2D eigenvalue weighted by atomic mass is 10.0. The highest BCUT2D eigenvalue weighted by Gasteiger charge is 1.98. The Morgan fingerprint density at radius 2 is 1.82 bits per heavy atom. The van der Waals surface area contributed by atoms with Crippen molar-refractivity contribution in [3.8, 4) is 0 Å². The summed E-state index contributed by atoms with van der Waals surface area (Å²) in [6, 6.07) is 13.4. The third-order valence-electron chi connectivity index (χ3n) is 2.86. The van der Waals surface area contributed by atoms with Gasteiger partial charge in [-0.25, -0.2) is 0 Å². The van der Waals surface area contributed by atoms with E-state index in [1.807, 2.05) is 6.92 Å². The second kappa shape index (κ2) is 5.30. The lowest BCUT2D eigenvalue weighted by molar-refractivity contribution is 0.609. The molecule has 0 amide bonds. The molecule has 2 rings (SSSR count). The van der Waals surface area contributed by atoms with E-state index in [1.54, 1.807) is 0 Å². The molecule has 3 N–H and O–H groups in total. The SMILES string of the molecule is Cc1ccc2cc(CNCC(C)N)ccc2c1. The lowest BCUT2D eigenvalue weighted by Crippen LogP contribution is -2.30. The van der Waals surface area contributed by atoms with E-state index in [9.17, 15) is 0 Å². The first-order valence-electron chi connectivity index (χ1n) is 6.11. The topological polar surface area (TPSA) is 38.0 Å². The number of aryl methyl sites for hydroxylation is 1. The zero-order valence-electron chi connectivity index (χ0n) is 10.5. The first-order valence-corrected chi connectivity index (χ1v) is 6.11. The van der Waals surface area contributed by atoms with Crippen LogP contribution in [0.4, 0.5) is 0 Å². The summed E-state index contributed by atoms with van der Waals surface area (Å²) < 4.78 is 0. The molecule has 0 spiro atoms. The molecule has 2 heteroatoms. The number of nitrogens with two attached hydrogens (primary N) is 1. The van der Waals surface area contributed by atoms with Crippen LogP contribution in [0.5, 0.6) is 0 Å². The second-order valence-corrected chi connectivity index (χ2v) is 4.79. The van der Waals surface area contributed by atoms with Crippen LogP contribution in [0.15, 0.2) is 36.4 Å². The Labute approximate surface area is 103 Å². The van der Waals surface area contributed by atoms with Gasteiger partial charge in [0, 0.05) is 19.1 Å². The molecule has 2 nitrogen and oxygen atoms in total. The second-order valence-electron chi connectivity index (χ2n) is 4.79. The third kappa shape index (κ3) is 3.29. The van der Waals surface area contributed by atoms with Gasteiger partial charge in [-0.3, -0.25) is 0 Å². The molecule has 0 radical (unpaired) electrons. The number of hydrogen-bond donors (Lipinski definition) is 2. The first-order chi connectivity index (χ1) is 8.15. The fraction of sp³-hybridized carbons (Fsp3) is 0.333. The van der Waals surface area contributed by atoms with Crippen LogP contribution >= 0.6 is 0 Å². The minimum atomic E-state index is 0.207. The summed E-state index contributed by atoms with van der Waals surface area (Å²) in [4.78, 5) is 0. The predicted octanol–water partition coefficient (Wildman–Crippen LogP) is 2.59. The molecule has 17 heavy (non-hydrogen) atoms. The first kappa shape index (κ1) is 12.1. The number of nitrogens with one attached hydrogen (secondary N) is 1. The molecule has 1 atom stereocenters. The van der Waals surface area contributed by atoms with Crippen LogP contribution in [0.25, 0.3) is 10.8 Å². The lowest BCUT2D eigenvalue weighted by Gasteiger charge is -2.08. The van der Waals surface area contributed by atoms with Crippen molar-refractivity contribution in [3.63, 3.8) is 0 Å². The maximum Gasteiger partial charge on any atom is 0.0206 e. The molecule has 0 saturated carbocycles. The van der Waals surface area contributed by atoms with Crippen molar-refractivity contribution < 1.29 is 0 Å². The van der Waals surface area contributed by atoms with Gasteiger partial charge in [-0.15, -0.1) is 0 Å². The standard InChI is InChI=1S/C15H20N2/c1-11-3-5-15-8-13(4-6-14(15)7-11)10-17-9-12(2)16/h3-8,12,17H,9-10,16H2,1-2H3. The number of rotatable bonds is 4. The van der Waals surface area contributed by atoms with Gasteiger partial charge in [-0.05, 0) is 36.2 Å². The molecule has 0 saturated heterocycles. The van der Waals surface area contributed by atoms with Gasteiger partial charge in [0.2, 0.25) is 0 Å². The summed E-state index contributed by atoms with van der Waals surface area (Å²) in [6.07, 6.45) is 0. The highest BCUT2D eigenvalue weighted by molar-refractivity contribution is 5.83. The van der Waals surface area contributed by atoms with Crippen molar-refractivity contribution in [1.82, 2.24) is 5.32 Å². The quantitative estimate of drug-likeness (QED) is 0.844. The molecule has 0 fully saturated rings. The van der Waals surface area contributed by atoms with E-state index in [4.69, 9.17) is 5.73 Å². The van der Waals surface area contributed by atoms with Gasteiger partial charge in [-0.2, -0.15) is 0 Å². The van der Waals surface area contributed by atoms with Gasteiger partial charge in [0.05, 0.1) is 0 Å². The van der Waals surface area contributed by atoms with Crippen LogP contribution in [-0.4, -0.2) is 12.6 Å². The van der Waals surface area contributed by atoms with E-state index in [-0.39, 0.29) is 6.04 Å². The predicted molar refractivity (Wildman–Crippen MR) is 74.0 cm³/mol. The minimum Gasteiger partial charge on any atom is -0.327 e. The molecule has 90 valence electrons. The van der Waals surface area contributed by atoms with E-state index >= 15 is 0 Å². The molecule has 0 aliphatic rings. The molecule has 2 aromatic rings. The molecule has 0 aliphatic heterocycles. The van der Waals surface area contributed by atoms with Crippen LogP contribution in [-0.2, 0) is 6.54 Å². The van der Waals surface area contributed by atoms with Crippen molar-refractivity contribution in [3.05, 3.63) is 47.5 Å². The summed E-state index contributed by atoms with van der Waals surface area (Å²) >= 11 is 0. The Hall–Kier alpha value is -1.38. The third-order valence-corrected chi connectivity index (χ3v) is 2.86. The summed E-state index contributed by atoms with van der Waals surface area (Å²) in [7, 11) is 0. The average Bonchev–Trinajstić information content (AvgIpc) is 2.29. The summed E-state index contributed by atoms with van der Waals surface area (Å²) in [5.41, 5.74) is 8.31. The van der Waals surface area contributed by atoms with Crippen molar-refractivity contribution in [1.29, 1.82) is 0 Å². The molecule has 0 aliphatic carbocycles. The monoisotopic (exact) mass is 228 g/mol. The van der Waals surface area contributed by atoms with Crippen LogP contribution in [0.1, 0.15) is 18.1 Å². The van der Waals surface area contributed by atoms with Crippen LogP contribution in [0.2, 0.25) is 0 Å². The van der Waals surface area contributed by atoms with Gasteiger partial charge in [-0.1, -0.05) is 35.9 Å². The number of benzene rings is 2. The van der Waals surface area contributed by atoms with Crippen molar-refractivity contribution in [2.45, 2.75) is 26.4 Å². The molecular formula is C15H20N2. The van der Waals surface area contributed by atoms with Gasteiger partial charge >= 0.3 is 0 Å². The Morgan fingerprint density at radius 1 is 1.12 bits per heavy atom. The van der Waals surface area contributed by atoms with Gasteiger partial charge in [0.25, 0.3) is 0 Å².